The van der Waals surface area contributed by atoms with Gasteiger partial charge in [-0.15, -0.1) is 0 Å². The van der Waals surface area contributed by atoms with E-state index in [2.05, 4.69) is 9.71 Å². The highest BCUT2D eigenvalue weighted by Gasteiger charge is 2.50. The fourth-order valence-electron chi connectivity index (χ4n) is 7.08. The lowest BCUT2D eigenvalue weighted by atomic mass is 9.85. The van der Waals surface area contributed by atoms with E-state index in [4.69, 9.17) is 19.2 Å². The third kappa shape index (κ3) is 6.15. The molecule has 4 heterocycles. The molecule has 6 aromatic rings. The number of fused-ring (bicyclic) bond motifs is 6. The molecule has 2 aliphatic heterocycles. The number of cyclic esters (lactones) is 1. The van der Waals surface area contributed by atoms with Gasteiger partial charge in [-0.05, 0) is 65.2 Å². The van der Waals surface area contributed by atoms with Gasteiger partial charge in [-0.1, -0.05) is 67.6 Å². The van der Waals surface area contributed by atoms with Crippen molar-refractivity contribution in [2.45, 2.75) is 43.4 Å². The number of nitrogens with zero attached hydrogens (tertiary/aromatic N) is 3. The zero-order valence-corrected chi connectivity index (χ0v) is 30.2. The van der Waals surface area contributed by atoms with Gasteiger partial charge in [0.15, 0.2) is 0 Å². The monoisotopic (exact) mass is 742 g/mol. The minimum atomic E-state index is -4.15. The summed E-state index contributed by atoms with van der Waals surface area (Å²) in [6, 6.07) is 30.4. The van der Waals surface area contributed by atoms with E-state index in [9.17, 15) is 22.8 Å². The predicted molar refractivity (Wildman–Crippen MR) is 202 cm³/mol. The van der Waals surface area contributed by atoms with E-state index in [0.29, 0.717) is 29.2 Å². The number of hydrogen-bond acceptors (Lipinski definition) is 10. The molecule has 1 atom stereocenters. The molecule has 0 saturated carbocycles. The van der Waals surface area contributed by atoms with E-state index in [1.54, 1.807) is 54.0 Å². The Morgan fingerprint density at radius 3 is 2.44 bits per heavy atom. The van der Waals surface area contributed by atoms with Gasteiger partial charge >= 0.3 is 11.9 Å². The van der Waals surface area contributed by atoms with E-state index in [1.807, 2.05) is 54.6 Å². The predicted octanol–water partition coefficient (Wildman–Crippen LogP) is 5.41. The third-order valence-electron chi connectivity index (χ3n) is 9.89. The number of sulfonamides is 1. The standard InChI is InChI=1S/C41H34N4O8S/c1-3-41(33-21-35-38-29(19-28-10-6-7-11-34(28)43-38)23-45(35)39(47)32(33)24-52-40(41)48)53-37(46)22-42-36(18-25-12-15-30(51-2)16-13-25)44-54(49,50)31-17-14-26-8-4-5-9-27(26)20-31/h4-17,19-21H,3,18,22-24H2,1-2H3,(H,42,44)/t41-/m0/s1. The number of aliphatic imine (C=N–C) groups is 1. The van der Waals surface area contributed by atoms with Crippen molar-refractivity contribution in [3.05, 3.63) is 136 Å². The Labute approximate surface area is 310 Å². The largest absolute Gasteiger partial charge is 0.497 e. The van der Waals surface area contributed by atoms with Crippen LogP contribution >= 0.6 is 0 Å². The lowest BCUT2D eigenvalue weighted by molar-refractivity contribution is -0.188. The highest BCUT2D eigenvalue weighted by molar-refractivity contribution is 7.90. The number of carbonyl (C=O) groups is 2. The van der Waals surface area contributed by atoms with Crippen LogP contribution in [0.4, 0.5) is 0 Å². The molecule has 0 radical (unpaired) electrons. The van der Waals surface area contributed by atoms with Crippen molar-refractivity contribution in [1.29, 1.82) is 0 Å². The number of methoxy groups -OCH3 is 1. The summed E-state index contributed by atoms with van der Waals surface area (Å²) in [5, 5.41) is 2.55. The van der Waals surface area contributed by atoms with E-state index < -0.39 is 34.1 Å². The molecule has 0 saturated heterocycles. The topological polar surface area (TPSA) is 155 Å². The summed E-state index contributed by atoms with van der Waals surface area (Å²) in [6.07, 6.45) is -0.0274. The van der Waals surface area contributed by atoms with Crippen LogP contribution in [0, 0.1) is 0 Å². The number of amidine groups is 1. The molecule has 4 aromatic carbocycles. The molecule has 8 rings (SSSR count). The Balaban J connectivity index is 1.12. The fourth-order valence-corrected chi connectivity index (χ4v) is 8.17. The van der Waals surface area contributed by atoms with Crippen LogP contribution in [-0.2, 0) is 54.3 Å². The number of rotatable bonds is 9. The number of ether oxygens (including phenoxy) is 3. The van der Waals surface area contributed by atoms with Gasteiger partial charge in [0.25, 0.3) is 15.6 Å². The van der Waals surface area contributed by atoms with Gasteiger partial charge in [-0.2, -0.15) is 0 Å². The molecule has 54 heavy (non-hydrogen) atoms. The summed E-state index contributed by atoms with van der Waals surface area (Å²) in [6.45, 7) is 1.03. The summed E-state index contributed by atoms with van der Waals surface area (Å²) >= 11 is 0. The van der Waals surface area contributed by atoms with Gasteiger partial charge in [-0.3, -0.25) is 14.5 Å². The molecule has 2 aliphatic rings. The zero-order valence-electron chi connectivity index (χ0n) is 29.4. The Morgan fingerprint density at radius 1 is 0.944 bits per heavy atom. The molecule has 0 fully saturated rings. The Hall–Kier alpha value is -6.34. The molecule has 0 aliphatic carbocycles. The molecule has 12 nitrogen and oxygen atoms in total. The highest BCUT2D eigenvalue weighted by atomic mass is 32.2. The maximum atomic E-state index is 13.9. The number of aromatic nitrogens is 2. The van der Waals surface area contributed by atoms with Crippen molar-refractivity contribution in [3.63, 3.8) is 0 Å². The first kappa shape index (κ1) is 34.7. The summed E-state index contributed by atoms with van der Waals surface area (Å²) in [4.78, 5) is 50.4. The number of para-hydroxylation sites is 1. The molecule has 13 heteroatoms. The number of pyridine rings is 2. The van der Waals surface area contributed by atoms with Crippen LogP contribution in [0.15, 0.2) is 118 Å². The SMILES string of the molecule is CC[C@@]1(OC(=O)CN=C(Cc2ccc(OC)cc2)NS(=O)(=O)c2ccc3ccccc3c2)C(=O)OCc2c1cc1n(c2=O)Cc2cc3ccccc3nc2-1. The second-order valence-electron chi connectivity index (χ2n) is 13.1. The van der Waals surface area contributed by atoms with Crippen molar-refractivity contribution in [3.8, 4) is 17.1 Å². The quantitative estimate of drug-likeness (QED) is 0.116. The van der Waals surface area contributed by atoms with E-state index in [0.717, 1.165) is 27.2 Å². The summed E-state index contributed by atoms with van der Waals surface area (Å²) in [7, 11) is -2.61. The van der Waals surface area contributed by atoms with Gasteiger partial charge in [0.05, 0.1) is 41.0 Å². The van der Waals surface area contributed by atoms with Crippen LogP contribution in [0.3, 0.4) is 0 Å². The number of benzene rings is 4. The Morgan fingerprint density at radius 2 is 1.69 bits per heavy atom. The highest BCUT2D eigenvalue weighted by Crippen LogP contribution is 2.41. The third-order valence-corrected chi connectivity index (χ3v) is 11.3. The van der Waals surface area contributed by atoms with Crippen molar-refractivity contribution >= 4 is 49.5 Å². The maximum Gasteiger partial charge on any atom is 0.355 e. The van der Waals surface area contributed by atoms with Crippen molar-refractivity contribution in [1.82, 2.24) is 14.3 Å². The molecule has 1 N–H and O–H groups in total. The lowest BCUT2D eigenvalue weighted by Crippen LogP contribution is -2.48. The number of carbonyl (C=O) groups excluding carboxylic acids is 2. The van der Waals surface area contributed by atoms with Crippen LogP contribution in [0.1, 0.15) is 35.6 Å². The zero-order chi connectivity index (χ0) is 37.6. The second-order valence-corrected chi connectivity index (χ2v) is 14.8. The first-order valence-corrected chi connectivity index (χ1v) is 18.8. The van der Waals surface area contributed by atoms with Gasteiger partial charge in [0.1, 0.15) is 24.7 Å². The minimum absolute atomic E-state index is 0.0118. The van der Waals surface area contributed by atoms with E-state index in [-0.39, 0.29) is 46.9 Å². The average molecular weight is 743 g/mol. The van der Waals surface area contributed by atoms with Crippen LogP contribution in [-0.4, -0.2) is 49.4 Å². The van der Waals surface area contributed by atoms with Crippen molar-refractivity contribution in [2.24, 2.45) is 4.99 Å². The van der Waals surface area contributed by atoms with Crippen LogP contribution < -0.4 is 15.0 Å². The van der Waals surface area contributed by atoms with E-state index in [1.165, 1.54) is 13.2 Å². The van der Waals surface area contributed by atoms with Crippen molar-refractivity contribution < 1.29 is 32.2 Å². The van der Waals surface area contributed by atoms with Crippen LogP contribution in [0.25, 0.3) is 33.1 Å². The number of nitrogens with one attached hydrogen (secondary N) is 1. The summed E-state index contributed by atoms with van der Waals surface area (Å²) in [5.74, 6) is -1.17. The van der Waals surface area contributed by atoms with Gasteiger partial charge in [0.2, 0.25) is 5.60 Å². The maximum absolute atomic E-state index is 13.9. The number of hydrogen-bond donors (Lipinski definition) is 1. The van der Waals surface area contributed by atoms with Crippen LogP contribution in [0.5, 0.6) is 5.75 Å². The number of esters is 2. The van der Waals surface area contributed by atoms with Crippen LogP contribution in [0.2, 0.25) is 0 Å². The van der Waals surface area contributed by atoms with E-state index >= 15 is 0 Å². The van der Waals surface area contributed by atoms with Crippen molar-refractivity contribution in [2.75, 3.05) is 13.7 Å². The summed E-state index contributed by atoms with van der Waals surface area (Å²) < 4.78 is 48.2. The average Bonchev–Trinajstić information content (AvgIpc) is 3.54. The molecule has 2 aromatic heterocycles. The Bertz CT molecular complexity index is 2710. The minimum Gasteiger partial charge on any atom is -0.497 e. The molecule has 272 valence electrons. The molecule has 0 spiro atoms. The van der Waals surface area contributed by atoms with Gasteiger partial charge in [0, 0.05) is 22.9 Å². The first-order valence-electron chi connectivity index (χ1n) is 17.3. The Kier molecular flexibility index (Phi) is 8.73. The molecule has 0 unspecified atom stereocenters. The molecular formula is C41H34N4O8S. The lowest BCUT2D eigenvalue weighted by Gasteiger charge is -2.35. The molecule has 0 amide bonds. The smallest absolute Gasteiger partial charge is 0.355 e. The van der Waals surface area contributed by atoms with Gasteiger partial charge < -0.3 is 18.8 Å². The first-order chi connectivity index (χ1) is 26.1. The second kappa shape index (κ2) is 13.6. The van der Waals surface area contributed by atoms with Gasteiger partial charge in [-0.25, -0.2) is 23.0 Å². The molecule has 0 bridgehead atoms. The fraction of sp³-hybridized carbons (Fsp3) is 0.195. The normalized spacial score (nSPS) is 16.3. The summed E-state index contributed by atoms with van der Waals surface area (Å²) in [5.41, 5.74) is 1.52. The molecular weight excluding hydrogens is 709 g/mol.